The summed E-state index contributed by atoms with van der Waals surface area (Å²) < 4.78 is 5.54. The number of aliphatic hydroxyl groups is 1. The number of phenolic OH excluding ortho intramolecular Hbond substituents is 1. The summed E-state index contributed by atoms with van der Waals surface area (Å²) in [4.78, 5) is 27.7. The Hall–Kier alpha value is -3.77. The quantitative estimate of drug-likeness (QED) is 0.319. The normalized spacial score (nSPS) is 18.7. The largest absolute Gasteiger partial charge is 0.508 e. The third kappa shape index (κ3) is 4.01. The number of likely N-dealkylation sites (tertiary alicyclic amines) is 1. The minimum Gasteiger partial charge on any atom is -0.508 e. The molecule has 2 N–H and O–H groups in total. The Labute approximate surface area is 201 Å². The highest BCUT2D eigenvalue weighted by atomic mass is 35.5. The number of phenols is 1. The number of rotatable bonds is 5. The van der Waals surface area contributed by atoms with Gasteiger partial charge in [0.1, 0.15) is 17.3 Å². The van der Waals surface area contributed by atoms with Gasteiger partial charge in [-0.2, -0.15) is 0 Å². The number of ether oxygens (including phenoxy) is 1. The van der Waals surface area contributed by atoms with E-state index in [0.29, 0.717) is 35.6 Å². The Balaban J connectivity index is 1.57. The summed E-state index contributed by atoms with van der Waals surface area (Å²) in [5.74, 6) is -0.914. The molecule has 2 aliphatic rings. The highest BCUT2D eigenvalue weighted by molar-refractivity contribution is 6.46. The zero-order valence-electron chi connectivity index (χ0n) is 18.2. The first-order chi connectivity index (χ1) is 16.4. The van der Waals surface area contributed by atoms with Gasteiger partial charge in [0.25, 0.3) is 11.7 Å². The number of aliphatic hydroxyl groups excluding tert-OH is 1. The lowest BCUT2D eigenvalue weighted by Crippen LogP contribution is -2.31. The molecular formula is C27H22ClNO5. The lowest BCUT2D eigenvalue weighted by Gasteiger charge is -2.25. The molecule has 3 aromatic carbocycles. The maximum atomic E-state index is 13.2. The molecule has 3 aromatic rings. The van der Waals surface area contributed by atoms with Crippen LogP contribution in [0.15, 0.2) is 72.3 Å². The van der Waals surface area contributed by atoms with Gasteiger partial charge in [0, 0.05) is 23.6 Å². The third-order valence-corrected chi connectivity index (χ3v) is 6.50. The molecule has 1 fully saturated rings. The maximum Gasteiger partial charge on any atom is 0.295 e. The molecule has 6 nitrogen and oxygen atoms in total. The number of Topliss-reactive ketones (excluding diaryl/α,β-unsaturated/α-hetero) is 1. The Morgan fingerprint density at radius 2 is 1.85 bits per heavy atom. The number of ketones is 1. The van der Waals surface area contributed by atoms with E-state index < -0.39 is 17.7 Å². The molecule has 34 heavy (non-hydrogen) atoms. The SMILES string of the molecule is O=C1C(=O)N(CCc2ccc(Cl)cc2)C(c2cccc(O)c2)/C1=C(/O)c1ccc2c(c1)CCO2. The average Bonchev–Trinajstić information content (AvgIpc) is 3.40. The number of aromatic hydroxyl groups is 1. The topological polar surface area (TPSA) is 87.1 Å². The van der Waals surface area contributed by atoms with Crippen molar-refractivity contribution in [3.8, 4) is 11.5 Å². The molecule has 0 saturated carbocycles. The van der Waals surface area contributed by atoms with Crippen LogP contribution in [-0.4, -0.2) is 40.0 Å². The Morgan fingerprint density at radius 3 is 2.62 bits per heavy atom. The molecule has 0 bridgehead atoms. The maximum absolute atomic E-state index is 13.2. The first kappa shape index (κ1) is 22.0. The fourth-order valence-electron chi connectivity index (χ4n) is 4.54. The van der Waals surface area contributed by atoms with E-state index in [2.05, 4.69) is 0 Å². The van der Waals surface area contributed by atoms with E-state index in [1.807, 2.05) is 12.1 Å². The molecule has 0 radical (unpaired) electrons. The molecule has 0 spiro atoms. The van der Waals surface area contributed by atoms with Crippen molar-refractivity contribution in [1.29, 1.82) is 0 Å². The second-order valence-electron chi connectivity index (χ2n) is 8.38. The number of nitrogens with zero attached hydrogens (tertiary/aromatic N) is 1. The molecule has 5 rings (SSSR count). The predicted octanol–water partition coefficient (Wildman–Crippen LogP) is 4.64. The number of benzene rings is 3. The Morgan fingerprint density at radius 1 is 1.06 bits per heavy atom. The van der Waals surface area contributed by atoms with Crippen LogP contribution < -0.4 is 4.74 Å². The van der Waals surface area contributed by atoms with Crippen molar-refractivity contribution in [3.05, 3.63) is 99.6 Å². The van der Waals surface area contributed by atoms with Gasteiger partial charge < -0.3 is 19.8 Å². The number of fused-ring (bicyclic) bond motifs is 1. The highest BCUT2D eigenvalue weighted by Crippen LogP contribution is 2.41. The van der Waals surface area contributed by atoms with Gasteiger partial charge in [-0.3, -0.25) is 9.59 Å². The zero-order valence-corrected chi connectivity index (χ0v) is 19.0. The van der Waals surface area contributed by atoms with Crippen molar-refractivity contribution in [2.45, 2.75) is 18.9 Å². The summed E-state index contributed by atoms with van der Waals surface area (Å²) in [6, 6.07) is 18.1. The number of amides is 1. The van der Waals surface area contributed by atoms with Crippen LogP contribution in [0.1, 0.15) is 28.3 Å². The smallest absolute Gasteiger partial charge is 0.295 e. The summed E-state index contributed by atoms with van der Waals surface area (Å²) in [6.45, 7) is 0.819. The molecule has 0 aromatic heterocycles. The summed E-state index contributed by atoms with van der Waals surface area (Å²) >= 11 is 5.97. The standard InChI is InChI=1S/C27H22ClNO5/c28-20-7-4-16(5-8-20)10-12-29-24(18-2-1-3-21(30)15-18)23(26(32)27(29)33)25(31)19-6-9-22-17(14-19)11-13-34-22/h1-9,14-15,24,30-31H,10-13H2/b25-23-. The number of carbonyl (C=O) groups excluding carboxylic acids is 2. The van der Waals surface area contributed by atoms with Crippen molar-refractivity contribution in [2.24, 2.45) is 0 Å². The fourth-order valence-corrected chi connectivity index (χ4v) is 4.67. The molecule has 2 aliphatic heterocycles. The first-order valence-electron chi connectivity index (χ1n) is 11.0. The van der Waals surface area contributed by atoms with Gasteiger partial charge in [0.15, 0.2) is 0 Å². The van der Waals surface area contributed by atoms with E-state index in [1.54, 1.807) is 42.5 Å². The van der Waals surface area contributed by atoms with Gasteiger partial charge in [-0.25, -0.2) is 0 Å². The van der Waals surface area contributed by atoms with Crippen LogP contribution >= 0.6 is 11.6 Å². The minimum atomic E-state index is -0.830. The molecule has 1 amide bonds. The molecule has 7 heteroatoms. The lowest BCUT2D eigenvalue weighted by molar-refractivity contribution is -0.139. The van der Waals surface area contributed by atoms with E-state index in [1.165, 1.54) is 17.0 Å². The second kappa shape index (κ2) is 8.88. The van der Waals surface area contributed by atoms with Gasteiger partial charge >= 0.3 is 0 Å². The minimum absolute atomic E-state index is 0.00516. The van der Waals surface area contributed by atoms with E-state index in [4.69, 9.17) is 16.3 Å². The number of carbonyl (C=O) groups is 2. The van der Waals surface area contributed by atoms with E-state index in [-0.39, 0.29) is 23.6 Å². The van der Waals surface area contributed by atoms with Crippen molar-refractivity contribution in [1.82, 2.24) is 4.90 Å². The van der Waals surface area contributed by atoms with Gasteiger partial charge in [-0.1, -0.05) is 35.9 Å². The zero-order chi connectivity index (χ0) is 23.8. The van der Waals surface area contributed by atoms with Crippen molar-refractivity contribution < 1.29 is 24.5 Å². The summed E-state index contributed by atoms with van der Waals surface area (Å²) in [5.41, 5.74) is 2.89. The van der Waals surface area contributed by atoms with Gasteiger partial charge in [-0.15, -0.1) is 0 Å². The van der Waals surface area contributed by atoms with E-state index in [0.717, 1.165) is 16.9 Å². The number of hydrogen-bond donors (Lipinski definition) is 2. The third-order valence-electron chi connectivity index (χ3n) is 6.24. The summed E-state index contributed by atoms with van der Waals surface area (Å²) in [5, 5.41) is 21.9. The van der Waals surface area contributed by atoms with Crippen molar-refractivity contribution in [2.75, 3.05) is 13.2 Å². The van der Waals surface area contributed by atoms with Gasteiger partial charge in [0.05, 0.1) is 18.2 Å². The first-order valence-corrected chi connectivity index (χ1v) is 11.4. The number of halogens is 1. The van der Waals surface area contributed by atoms with E-state index >= 15 is 0 Å². The van der Waals surface area contributed by atoms with Crippen LogP contribution in [0, 0.1) is 0 Å². The molecule has 1 atom stereocenters. The van der Waals surface area contributed by atoms with Gasteiger partial charge in [-0.05, 0) is 65.6 Å². The van der Waals surface area contributed by atoms with Crippen LogP contribution in [0.3, 0.4) is 0 Å². The van der Waals surface area contributed by atoms with Crippen LogP contribution in [-0.2, 0) is 22.4 Å². The highest BCUT2D eigenvalue weighted by Gasteiger charge is 2.46. The van der Waals surface area contributed by atoms with Crippen LogP contribution in [0.25, 0.3) is 5.76 Å². The Kier molecular flexibility index (Phi) is 5.75. The summed E-state index contributed by atoms with van der Waals surface area (Å²) in [7, 11) is 0. The monoisotopic (exact) mass is 475 g/mol. The van der Waals surface area contributed by atoms with Gasteiger partial charge in [0.2, 0.25) is 0 Å². The molecule has 1 unspecified atom stereocenters. The van der Waals surface area contributed by atoms with Crippen LogP contribution in [0.2, 0.25) is 5.02 Å². The van der Waals surface area contributed by atoms with Crippen LogP contribution in [0.5, 0.6) is 11.5 Å². The fraction of sp³-hybridized carbons (Fsp3) is 0.185. The van der Waals surface area contributed by atoms with E-state index in [9.17, 15) is 19.8 Å². The Bertz CT molecular complexity index is 1310. The molecule has 2 heterocycles. The van der Waals surface area contributed by atoms with Crippen molar-refractivity contribution in [3.63, 3.8) is 0 Å². The molecular weight excluding hydrogens is 454 g/mol. The average molecular weight is 476 g/mol. The molecule has 1 saturated heterocycles. The summed E-state index contributed by atoms with van der Waals surface area (Å²) in [6.07, 6.45) is 1.21. The second-order valence-corrected chi connectivity index (χ2v) is 8.82. The number of hydrogen-bond acceptors (Lipinski definition) is 5. The lowest BCUT2D eigenvalue weighted by atomic mass is 9.94. The van der Waals surface area contributed by atoms with Crippen molar-refractivity contribution >= 4 is 29.1 Å². The molecule has 172 valence electrons. The van der Waals surface area contributed by atoms with Crippen LogP contribution in [0.4, 0.5) is 0 Å². The predicted molar refractivity (Wildman–Crippen MR) is 128 cm³/mol. The molecule has 0 aliphatic carbocycles.